The Balaban J connectivity index is 2.87. The molecule has 0 spiro atoms. The van der Waals surface area contributed by atoms with E-state index < -0.39 is 5.97 Å². The lowest BCUT2D eigenvalue weighted by molar-refractivity contribution is -0.132. The maximum atomic E-state index is 10.7. The third kappa shape index (κ3) is 3.89. The Hall–Kier alpha value is -1.81. The van der Waals surface area contributed by atoms with Crippen LogP contribution in [0.5, 0.6) is 0 Å². The Morgan fingerprint density at radius 3 is 2.50 bits per heavy atom. The normalized spacial score (nSPS) is 14.9. The van der Waals surface area contributed by atoms with E-state index >= 15 is 0 Å². The van der Waals surface area contributed by atoms with Gasteiger partial charge in [-0.2, -0.15) is 0 Å². The summed E-state index contributed by atoms with van der Waals surface area (Å²) >= 11 is 0. The van der Waals surface area contributed by atoms with E-state index in [0.29, 0.717) is 0 Å². The van der Waals surface area contributed by atoms with Crippen LogP contribution in [0, 0.1) is 0 Å². The summed E-state index contributed by atoms with van der Waals surface area (Å²) in [7, 11) is 1.84. The van der Waals surface area contributed by atoms with Gasteiger partial charge in [0.1, 0.15) is 6.10 Å². The number of hydrogen-bond donors (Lipinski definition) is 2. The molecule has 2 atom stereocenters. The van der Waals surface area contributed by atoms with Crippen molar-refractivity contribution in [1.82, 2.24) is 5.32 Å². The number of nitrogens with one attached hydrogen (secondary N) is 1. The number of carboxylic acid groups (broad SMARTS) is 1. The fourth-order valence-corrected chi connectivity index (χ4v) is 1.50. The van der Waals surface area contributed by atoms with Crippen LogP contribution in [0.25, 0.3) is 0 Å². The van der Waals surface area contributed by atoms with Gasteiger partial charge in [-0.15, -0.1) is 0 Å². The minimum absolute atomic E-state index is 0.0743. The summed E-state index contributed by atoms with van der Waals surface area (Å²) in [5, 5.41) is 11.9. The van der Waals surface area contributed by atoms with Crippen molar-refractivity contribution < 1.29 is 14.6 Å². The first kappa shape index (κ1) is 14.3. The molecule has 1 rings (SSSR count). The molecule has 2 unspecified atom stereocenters. The Kier molecular flexibility index (Phi) is 5.39. The van der Waals surface area contributed by atoms with E-state index in [-0.39, 0.29) is 17.7 Å². The molecule has 18 heavy (non-hydrogen) atoms. The monoisotopic (exact) mass is 249 g/mol. The van der Waals surface area contributed by atoms with Gasteiger partial charge in [0.2, 0.25) is 0 Å². The summed E-state index contributed by atoms with van der Waals surface area (Å²) in [5.41, 5.74) is 1.19. The van der Waals surface area contributed by atoms with Crippen molar-refractivity contribution in [3.63, 3.8) is 0 Å². The Morgan fingerprint density at radius 1 is 1.39 bits per heavy atom. The van der Waals surface area contributed by atoms with Crippen molar-refractivity contribution in [2.24, 2.45) is 0 Å². The van der Waals surface area contributed by atoms with Gasteiger partial charge in [0.25, 0.3) is 0 Å². The van der Waals surface area contributed by atoms with Crippen molar-refractivity contribution in [1.29, 1.82) is 0 Å². The molecule has 4 heteroatoms. The summed E-state index contributed by atoms with van der Waals surface area (Å²) in [6, 6.07) is 9.79. The number of carbonyl (C=O) groups is 1. The standard InChI is InChI=1S/C14H19NO3/c1-10(14(16)17)9-18-13(11(2)15-3)12-7-5-4-6-8-12/h4-9,11,13,15H,1-3H3,(H,16,17). The van der Waals surface area contributed by atoms with Crippen LogP contribution < -0.4 is 5.32 Å². The lowest BCUT2D eigenvalue weighted by Crippen LogP contribution is -2.29. The van der Waals surface area contributed by atoms with Gasteiger partial charge in [-0.1, -0.05) is 30.3 Å². The molecule has 0 aliphatic heterocycles. The SMILES string of the molecule is CNC(C)C(OC=C(C)C(=O)O)c1ccccc1. The molecule has 0 amide bonds. The summed E-state index contributed by atoms with van der Waals surface area (Å²) in [5.74, 6) is -0.973. The minimum atomic E-state index is -0.973. The molecule has 98 valence electrons. The van der Waals surface area contributed by atoms with Crippen LogP contribution >= 0.6 is 0 Å². The van der Waals surface area contributed by atoms with Gasteiger partial charge >= 0.3 is 5.97 Å². The lowest BCUT2D eigenvalue weighted by atomic mass is 10.0. The second-order valence-corrected chi connectivity index (χ2v) is 4.15. The largest absolute Gasteiger partial charge is 0.491 e. The second kappa shape index (κ2) is 6.81. The van der Waals surface area contributed by atoms with Crippen LogP contribution in [0.15, 0.2) is 42.2 Å². The highest BCUT2D eigenvalue weighted by Gasteiger charge is 2.18. The van der Waals surface area contributed by atoms with Crippen LogP contribution in [0.4, 0.5) is 0 Å². The van der Waals surface area contributed by atoms with Crippen molar-refractivity contribution in [3.8, 4) is 0 Å². The van der Waals surface area contributed by atoms with Crippen molar-refractivity contribution in [3.05, 3.63) is 47.7 Å². The van der Waals surface area contributed by atoms with E-state index in [1.54, 1.807) is 0 Å². The number of benzene rings is 1. The van der Waals surface area contributed by atoms with Gasteiger partial charge in [0.15, 0.2) is 0 Å². The molecule has 1 aromatic rings. The molecule has 4 nitrogen and oxygen atoms in total. The Morgan fingerprint density at radius 2 is 2.00 bits per heavy atom. The van der Waals surface area contributed by atoms with Crippen molar-refractivity contribution >= 4 is 5.97 Å². The smallest absolute Gasteiger partial charge is 0.334 e. The fraction of sp³-hybridized carbons (Fsp3) is 0.357. The molecule has 0 aliphatic rings. The highest BCUT2D eigenvalue weighted by atomic mass is 16.5. The van der Waals surface area contributed by atoms with E-state index in [1.165, 1.54) is 13.2 Å². The zero-order chi connectivity index (χ0) is 13.5. The average molecular weight is 249 g/mol. The summed E-state index contributed by atoms with van der Waals surface area (Å²) in [6.07, 6.45) is 1.08. The van der Waals surface area contributed by atoms with Crippen LogP contribution in [0.3, 0.4) is 0 Å². The van der Waals surface area contributed by atoms with Gasteiger partial charge in [0, 0.05) is 6.04 Å². The molecule has 0 fully saturated rings. The molecule has 0 heterocycles. The molecule has 2 N–H and O–H groups in total. The van der Waals surface area contributed by atoms with Crippen LogP contribution in [0.1, 0.15) is 25.5 Å². The predicted molar refractivity (Wildman–Crippen MR) is 70.2 cm³/mol. The molecule has 0 aliphatic carbocycles. The zero-order valence-electron chi connectivity index (χ0n) is 10.9. The quantitative estimate of drug-likeness (QED) is 0.600. The van der Waals surface area contributed by atoms with Crippen molar-refractivity contribution in [2.45, 2.75) is 26.0 Å². The van der Waals surface area contributed by atoms with Crippen molar-refractivity contribution in [2.75, 3.05) is 7.05 Å². The molecule has 0 aromatic heterocycles. The third-order valence-electron chi connectivity index (χ3n) is 2.77. The minimum Gasteiger partial charge on any atom is -0.491 e. The molecule has 0 radical (unpaired) electrons. The fourth-order valence-electron chi connectivity index (χ4n) is 1.50. The number of aliphatic carboxylic acids is 1. The van der Waals surface area contributed by atoms with E-state index in [1.807, 2.05) is 44.3 Å². The van der Waals surface area contributed by atoms with E-state index in [0.717, 1.165) is 5.56 Å². The number of rotatable bonds is 6. The number of carboxylic acids is 1. The lowest BCUT2D eigenvalue weighted by Gasteiger charge is -2.23. The molecule has 0 bridgehead atoms. The van der Waals surface area contributed by atoms with E-state index in [2.05, 4.69) is 5.32 Å². The molecule has 0 saturated heterocycles. The predicted octanol–water partition coefficient (Wildman–Crippen LogP) is 2.34. The topological polar surface area (TPSA) is 58.6 Å². The Labute approximate surface area is 107 Å². The molecular formula is C14H19NO3. The Bertz CT molecular complexity index is 414. The molecule has 0 saturated carbocycles. The maximum Gasteiger partial charge on any atom is 0.334 e. The maximum absolute atomic E-state index is 10.7. The first-order valence-corrected chi connectivity index (χ1v) is 5.84. The van der Waals surface area contributed by atoms with Crippen LogP contribution in [0.2, 0.25) is 0 Å². The van der Waals surface area contributed by atoms with Gasteiger partial charge < -0.3 is 15.2 Å². The van der Waals surface area contributed by atoms with Gasteiger partial charge in [-0.25, -0.2) is 4.79 Å². The molecular weight excluding hydrogens is 230 g/mol. The summed E-state index contributed by atoms with van der Waals surface area (Å²) < 4.78 is 5.60. The van der Waals surface area contributed by atoms with E-state index in [4.69, 9.17) is 9.84 Å². The summed E-state index contributed by atoms with van der Waals surface area (Å²) in [6.45, 7) is 3.50. The van der Waals surface area contributed by atoms with E-state index in [9.17, 15) is 4.79 Å². The highest BCUT2D eigenvalue weighted by Crippen LogP contribution is 2.21. The second-order valence-electron chi connectivity index (χ2n) is 4.15. The van der Waals surface area contributed by atoms with Gasteiger partial charge in [-0.3, -0.25) is 0 Å². The number of likely N-dealkylation sites (N-methyl/N-ethyl adjacent to an activating group) is 1. The average Bonchev–Trinajstić information content (AvgIpc) is 2.39. The number of ether oxygens (including phenoxy) is 1. The van der Waals surface area contributed by atoms with Crippen LogP contribution in [-0.4, -0.2) is 24.2 Å². The molecule has 1 aromatic carbocycles. The van der Waals surface area contributed by atoms with Gasteiger partial charge in [0.05, 0.1) is 11.8 Å². The third-order valence-corrected chi connectivity index (χ3v) is 2.77. The number of hydrogen-bond acceptors (Lipinski definition) is 3. The van der Waals surface area contributed by atoms with Gasteiger partial charge in [-0.05, 0) is 26.5 Å². The van der Waals surface area contributed by atoms with Crippen LogP contribution in [-0.2, 0) is 9.53 Å². The first-order chi connectivity index (χ1) is 8.56. The zero-order valence-corrected chi connectivity index (χ0v) is 10.9. The first-order valence-electron chi connectivity index (χ1n) is 5.84. The highest BCUT2D eigenvalue weighted by molar-refractivity contribution is 5.85. The summed E-state index contributed by atoms with van der Waals surface area (Å²) in [4.78, 5) is 10.7.